The van der Waals surface area contributed by atoms with Crippen LogP contribution < -0.4 is 0 Å². The van der Waals surface area contributed by atoms with Gasteiger partial charge in [0, 0.05) is 19.0 Å². The molecular weight excluding hydrogens is 241 g/mol. The largest absolute Gasteiger partial charge is 0.315 e. The van der Waals surface area contributed by atoms with Crippen molar-refractivity contribution in [3.63, 3.8) is 0 Å². The molecule has 3 nitrogen and oxygen atoms in total. The van der Waals surface area contributed by atoms with Gasteiger partial charge in [0.05, 0.1) is 5.60 Å². The monoisotopic (exact) mass is 267 g/mol. The SMILES string of the molecule is CCN(CC)CCSP(C)(=O)OC(C)(C)C. The summed E-state index contributed by atoms with van der Waals surface area (Å²) in [6.07, 6.45) is 0. The zero-order chi connectivity index (χ0) is 12.8. The first-order valence-electron chi connectivity index (χ1n) is 5.85. The van der Waals surface area contributed by atoms with Crippen molar-refractivity contribution in [2.45, 2.75) is 40.2 Å². The molecule has 1 atom stereocenters. The van der Waals surface area contributed by atoms with Crippen LogP contribution in [0.3, 0.4) is 0 Å². The molecular formula is C11H26NO2PS. The van der Waals surface area contributed by atoms with Gasteiger partial charge in [0.25, 0.3) is 6.57 Å². The van der Waals surface area contributed by atoms with E-state index in [0.717, 1.165) is 25.4 Å². The fourth-order valence-corrected chi connectivity index (χ4v) is 5.19. The van der Waals surface area contributed by atoms with Crippen molar-refractivity contribution in [1.82, 2.24) is 4.90 Å². The molecule has 0 aromatic rings. The van der Waals surface area contributed by atoms with Crippen LogP contribution in [0.5, 0.6) is 0 Å². The lowest BCUT2D eigenvalue weighted by Gasteiger charge is -2.25. The number of nitrogens with zero attached hydrogens (tertiary/aromatic N) is 1. The van der Waals surface area contributed by atoms with E-state index in [2.05, 4.69) is 18.7 Å². The minimum Gasteiger partial charge on any atom is -0.315 e. The van der Waals surface area contributed by atoms with Crippen molar-refractivity contribution >= 4 is 18.0 Å². The Morgan fingerprint density at radius 1 is 1.25 bits per heavy atom. The second-order valence-corrected chi connectivity index (χ2v) is 9.99. The molecule has 5 heteroatoms. The zero-order valence-electron chi connectivity index (χ0n) is 11.4. The van der Waals surface area contributed by atoms with Gasteiger partial charge in [-0.15, -0.1) is 0 Å². The molecule has 0 N–H and O–H groups in total. The summed E-state index contributed by atoms with van der Waals surface area (Å²) in [7, 11) is 0. The Balaban J connectivity index is 3.96. The molecule has 0 saturated carbocycles. The Kier molecular flexibility index (Phi) is 7.27. The Morgan fingerprint density at radius 3 is 2.12 bits per heavy atom. The van der Waals surface area contributed by atoms with E-state index in [1.165, 1.54) is 11.4 Å². The molecule has 0 spiro atoms. The van der Waals surface area contributed by atoms with Gasteiger partial charge in [-0.2, -0.15) is 0 Å². The topological polar surface area (TPSA) is 29.5 Å². The molecule has 1 unspecified atom stereocenters. The molecule has 0 bridgehead atoms. The number of hydrogen-bond donors (Lipinski definition) is 0. The van der Waals surface area contributed by atoms with Gasteiger partial charge >= 0.3 is 0 Å². The molecule has 0 aliphatic carbocycles. The predicted molar refractivity (Wildman–Crippen MR) is 74.6 cm³/mol. The Bertz CT molecular complexity index is 237. The highest BCUT2D eigenvalue weighted by Crippen LogP contribution is 2.58. The highest BCUT2D eigenvalue weighted by Gasteiger charge is 2.24. The van der Waals surface area contributed by atoms with Crippen LogP contribution in [0.4, 0.5) is 0 Å². The van der Waals surface area contributed by atoms with E-state index in [0.29, 0.717) is 0 Å². The molecule has 0 aromatic carbocycles. The van der Waals surface area contributed by atoms with Crippen molar-refractivity contribution in [2.24, 2.45) is 0 Å². The predicted octanol–water partition coefficient (Wildman–Crippen LogP) is 3.70. The first kappa shape index (κ1) is 16.5. The average Bonchev–Trinajstić information content (AvgIpc) is 2.08. The molecule has 0 aromatic heterocycles. The summed E-state index contributed by atoms with van der Waals surface area (Å²) in [5.41, 5.74) is -0.327. The molecule has 0 fully saturated rings. The summed E-state index contributed by atoms with van der Waals surface area (Å²) in [5.74, 6) is 0.867. The molecule has 0 saturated heterocycles. The van der Waals surface area contributed by atoms with Gasteiger partial charge in [-0.1, -0.05) is 25.2 Å². The molecule has 0 aliphatic rings. The van der Waals surface area contributed by atoms with Crippen molar-refractivity contribution < 1.29 is 9.09 Å². The Labute approximate surface area is 105 Å². The molecule has 98 valence electrons. The van der Waals surface area contributed by atoms with E-state index < -0.39 is 6.57 Å². The summed E-state index contributed by atoms with van der Waals surface area (Å²) in [6.45, 7) is 12.4. The number of rotatable bonds is 7. The van der Waals surface area contributed by atoms with Gasteiger partial charge < -0.3 is 9.42 Å². The zero-order valence-corrected chi connectivity index (χ0v) is 13.2. The second kappa shape index (κ2) is 7.05. The van der Waals surface area contributed by atoms with E-state index >= 15 is 0 Å². The maximum Gasteiger partial charge on any atom is 0.255 e. The van der Waals surface area contributed by atoms with Gasteiger partial charge in [-0.05, 0) is 33.9 Å². The minimum absolute atomic E-state index is 0.327. The van der Waals surface area contributed by atoms with Crippen LogP contribution in [0.1, 0.15) is 34.6 Å². The van der Waals surface area contributed by atoms with Crippen LogP contribution in [-0.4, -0.2) is 42.6 Å². The highest BCUT2D eigenvalue weighted by molar-refractivity contribution is 8.56. The van der Waals surface area contributed by atoms with E-state index in [4.69, 9.17) is 4.52 Å². The fourth-order valence-electron chi connectivity index (χ4n) is 1.40. The summed E-state index contributed by atoms with van der Waals surface area (Å²) in [5, 5.41) is 0. The standard InChI is InChI=1S/C11H26NO2PS/c1-7-12(8-2)9-10-16-15(6,13)14-11(3,4)5/h7-10H2,1-6H3. The van der Waals surface area contributed by atoms with Crippen LogP contribution in [0.15, 0.2) is 0 Å². The van der Waals surface area contributed by atoms with E-state index in [1.54, 1.807) is 6.66 Å². The summed E-state index contributed by atoms with van der Waals surface area (Å²) < 4.78 is 17.7. The first-order valence-corrected chi connectivity index (χ1v) is 9.51. The molecule has 16 heavy (non-hydrogen) atoms. The lowest BCUT2D eigenvalue weighted by atomic mass is 10.2. The van der Waals surface area contributed by atoms with Gasteiger partial charge in [-0.25, -0.2) is 0 Å². The Hall–Kier alpha value is 0.500. The lowest BCUT2D eigenvalue weighted by Crippen LogP contribution is -2.25. The Morgan fingerprint density at radius 2 is 1.75 bits per heavy atom. The van der Waals surface area contributed by atoms with Crippen molar-refractivity contribution in [2.75, 3.05) is 32.1 Å². The van der Waals surface area contributed by atoms with Gasteiger partial charge in [-0.3, -0.25) is 4.57 Å². The van der Waals surface area contributed by atoms with Crippen LogP contribution in [-0.2, 0) is 9.09 Å². The van der Waals surface area contributed by atoms with Crippen molar-refractivity contribution in [3.8, 4) is 0 Å². The van der Waals surface area contributed by atoms with Gasteiger partial charge in [0.2, 0.25) is 0 Å². The summed E-state index contributed by atoms with van der Waals surface area (Å²) in [4.78, 5) is 2.32. The molecule has 0 aliphatic heterocycles. The van der Waals surface area contributed by atoms with Gasteiger partial charge in [0.15, 0.2) is 0 Å². The van der Waals surface area contributed by atoms with Crippen LogP contribution in [0.25, 0.3) is 0 Å². The van der Waals surface area contributed by atoms with Crippen LogP contribution in [0.2, 0.25) is 0 Å². The summed E-state index contributed by atoms with van der Waals surface area (Å²) in [6, 6.07) is 0. The average molecular weight is 267 g/mol. The van der Waals surface area contributed by atoms with Crippen LogP contribution >= 0.6 is 18.0 Å². The fraction of sp³-hybridized carbons (Fsp3) is 1.00. The molecule has 0 rings (SSSR count). The minimum atomic E-state index is -2.50. The molecule has 0 amide bonds. The quantitative estimate of drug-likeness (QED) is 0.658. The lowest BCUT2D eigenvalue weighted by molar-refractivity contribution is 0.142. The maximum absolute atomic E-state index is 12.1. The third-order valence-electron chi connectivity index (χ3n) is 2.07. The second-order valence-electron chi connectivity index (χ2n) is 4.84. The first-order chi connectivity index (χ1) is 7.20. The summed E-state index contributed by atoms with van der Waals surface area (Å²) >= 11 is 1.46. The number of hydrogen-bond acceptors (Lipinski definition) is 4. The van der Waals surface area contributed by atoms with E-state index in [1.807, 2.05) is 20.8 Å². The normalized spacial score (nSPS) is 16.4. The highest BCUT2D eigenvalue weighted by atomic mass is 32.7. The maximum atomic E-state index is 12.1. The third kappa shape index (κ3) is 8.63. The smallest absolute Gasteiger partial charge is 0.255 e. The molecule has 0 radical (unpaired) electrons. The van der Waals surface area contributed by atoms with Crippen molar-refractivity contribution in [1.29, 1.82) is 0 Å². The molecule has 0 heterocycles. The van der Waals surface area contributed by atoms with Gasteiger partial charge in [0.1, 0.15) is 0 Å². The van der Waals surface area contributed by atoms with E-state index in [9.17, 15) is 4.57 Å². The van der Waals surface area contributed by atoms with E-state index in [-0.39, 0.29) is 5.60 Å². The van der Waals surface area contributed by atoms with Crippen molar-refractivity contribution in [3.05, 3.63) is 0 Å². The van der Waals surface area contributed by atoms with Crippen LogP contribution in [0, 0.1) is 0 Å². The third-order valence-corrected chi connectivity index (χ3v) is 5.96.